The molecule has 0 aliphatic carbocycles. The summed E-state index contributed by atoms with van der Waals surface area (Å²) in [5.41, 5.74) is 7.26. The molecule has 0 radical (unpaired) electrons. The number of halogens is 3. The van der Waals surface area contributed by atoms with Crippen molar-refractivity contribution in [2.75, 3.05) is 5.73 Å². The second kappa shape index (κ2) is 5.71. The van der Waals surface area contributed by atoms with E-state index in [4.69, 9.17) is 10.5 Å². The zero-order valence-electron chi connectivity index (χ0n) is 9.29. The largest absolute Gasteiger partial charge is 0.486 e. The maximum absolute atomic E-state index is 13.5. The minimum Gasteiger partial charge on any atom is -0.486 e. The highest BCUT2D eigenvalue weighted by molar-refractivity contribution is 9.11. The van der Waals surface area contributed by atoms with E-state index in [9.17, 15) is 4.39 Å². The lowest BCUT2D eigenvalue weighted by atomic mass is 10.2. The minimum atomic E-state index is -0.399. The molecule has 0 amide bonds. The summed E-state index contributed by atoms with van der Waals surface area (Å²) in [7, 11) is 0. The molecule has 0 atom stereocenters. The van der Waals surface area contributed by atoms with E-state index in [1.807, 2.05) is 12.1 Å². The third kappa shape index (κ3) is 3.03. The molecule has 0 heterocycles. The molecule has 2 nitrogen and oxygen atoms in total. The van der Waals surface area contributed by atoms with Crippen LogP contribution in [0.15, 0.2) is 45.3 Å². The van der Waals surface area contributed by atoms with Gasteiger partial charge in [0.1, 0.15) is 6.61 Å². The third-order valence-corrected chi connectivity index (χ3v) is 3.85. The van der Waals surface area contributed by atoms with Gasteiger partial charge in [0.05, 0.1) is 0 Å². The number of rotatable bonds is 3. The average Bonchev–Trinajstić information content (AvgIpc) is 2.33. The highest BCUT2D eigenvalue weighted by Gasteiger charge is 2.07. The first-order chi connectivity index (χ1) is 8.58. The lowest BCUT2D eigenvalue weighted by molar-refractivity contribution is 0.289. The number of ether oxygens (including phenoxy) is 1. The van der Waals surface area contributed by atoms with Crippen LogP contribution >= 0.6 is 31.9 Å². The van der Waals surface area contributed by atoms with Crippen molar-refractivity contribution in [1.82, 2.24) is 0 Å². The Bertz CT molecular complexity index is 575. The number of hydrogen-bond donors (Lipinski definition) is 1. The third-order valence-electron chi connectivity index (χ3n) is 2.39. The molecule has 0 bridgehead atoms. The average molecular weight is 375 g/mol. The fourth-order valence-electron chi connectivity index (χ4n) is 1.46. The Kier molecular flexibility index (Phi) is 4.24. The van der Waals surface area contributed by atoms with E-state index in [2.05, 4.69) is 31.9 Å². The summed E-state index contributed by atoms with van der Waals surface area (Å²) >= 11 is 6.57. The first-order valence-corrected chi connectivity index (χ1v) is 6.77. The van der Waals surface area contributed by atoms with Crippen molar-refractivity contribution in [3.05, 3.63) is 56.7 Å². The van der Waals surface area contributed by atoms with Gasteiger partial charge in [-0.15, -0.1) is 0 Å². The molecule has 0 fully saturated rings. The smallest absolute Gasteiger partial charge is 0.166 e. The van der Waals surface area contributed by atoms with Crippen molar-refractivity contribution in [3.8, 4) is 5.75 Å². The Labute approximate surface area is 121 Å². The summed E-state index contributed by atoms with van der Waals surface area (Å²) in [5.74, 6) is -0.183. The zero-order valence-corrected chi connectivity index (χ0v) is 12.5. The second-order valence-corrected chi connectivity index (χ2v) is 5.39. The normalized spacial score (nSPS) is 10.4. The maximum Gasteiger partial charge on any atom is 0.166 e. The van der Waals surface area contributed by atoms with E-state index in [1.165, 1.54) is 6.07 Å². The predicted octanol–water partition coefficient (Wildman–Crippen LogP) is 4.51. The minimum absolute atomic E-state index is 0.215. The molecule has 0 aromatic heterocycles. The molecule has 2 rings (SSSR count). The van der Waals surface area contributed by atoms with Crippen LogP contribution in [0.3, 0.4) is 0 Å². The predicted molar refractivity (Wildman–Crippen MR) is 77.0 cm³/mol. The second-order valence-electron chi connectivity index (χ2n) is 3.68. The van der Waals surface area contributed by atoms with Crippen LogP contribution in [0.1, 0.15) is 5.56 Å². The standard InChI is InChI=1S/C13H10Br2FNO/c14-9-4-5-12(10(16)6-9)18-7-8-2-1-3-11(17)13(8)15/h1-6H,7,17H2. The molecule has 2 N–H and O–H groups in total. The van der Waals surface area contributed by atoms with Crippen molar-refractivity contribution in [2.24, 2.45) is 0 Å². The van der Waals surface area contributed by atoms with Crippen molar-refractivity contribution in [3.63, 3.8) is 0 Å². The van der Waals surface area contributed by atoms with Crippen LogP contribution in [0.2, 0.25) is 0 Å². The zero-order chi connectivity index (χ0) is 13.1. The Morgan fingerprint density at radius 1 is 1.17 bits per heavy atom. The van der Waals surface area contributed by atoms with Gasteiger partial charge in [0.25, 0.3) is 0 Å². The van der Waals surface area contributed by atoms with Crippen molar-refractivity contribution < 1.29 is 9.13 Å². The van der Waals surface area contributed by atoms with Gasteiger partial charge >= 0.3 is 0 Å². The van der Waals surface area contributed by atoms with Crippen LogP contribution in [-0.2, 0) is 6.61 Å². The Hall–Kier alpha value is -1.07. The maximum atomic E-state index is 13.5. The van der Waals surface area contributed by atoms with Crippen molar-refractivity contribution >= 4 is 37.5 Å². The fourth-order valence-corrected chi connectivity index (χ4v) is 2.17. The highest BCUT2D eigenvalue weighted by atomic mass is 79.9. The summed E-state index contributed by atoms with van der Waals surface area (Å²) in [6.07, 6.45) is 0. The Balaban J connectivity index is 2.14. The number of anilines is 1. The molecular formula is C13H10Br2FNO. The van der Waals surface area contributed by atoms with Crippen LogP contribution in [0.5, 0.6) is 5.75 Å². The van der Waals surface area contributed by atoms with Crippen LogP contribution in [0.25, 0.3) is 0 Å². The van der Waals surface area contributed by atoms with Gasteiger partial charge in [-0.25, -0.2) is 4.39 Å². The number of hydrogen-bond acceptors (Lipinski definition) is 2. The summed E-state index contributed by atoms with van der Waals surface area (Å²) in [6.45, 7) is 0.254. The molecule has 2 aromatic rings. The topological polar surface area (TPSA) is 35.2 Å². The lowest BCUT2D eigenvalue weighted by Gasteiger charge is -2.10. The first-order valence-electron chi connectivity index (χ1n) is 5.18. The summed E-state index contributed by atoms with van der Waals surface area (Å²) < 4.78 is 20.4. The molecule has 18 heavy (non-hydrogen) atoms. The molecule has 0 saturated heterocycles. The van der Waals surface area contributed by atoms with Gasteiger partial charge in [-0.2, -0.15) is 0 Å². The van der Waals surface area contributed by atoms with Crippen molar-refractivity contribution in [1.29, 1.82) is 0 Å². The Morgan fingerprint density at radius 3 is 2.67 bits per heavy atom. The number of nitrogen functional groups attached to an aromatic ring is 1. The van der Waals surface area contributed by atoms with Gasteiger partial charge in [-0.05, 0) is 40.2 Å². The van der Waals surface area contributed by atoms with Crippen LogP contribution in [0.4, 0.5) is 10.1 Å². The lowest BCUT2D eigenvalue weighted by Crippen LogP contribution is -2.00. The summed E-state index contributed by atoms with van der Waals surface area (Å²) in [6, 6.07) is 10.2. The van der Waals surface area contributed by atoms with Gasteiger partial charge in [-0.3, -0.25) is 0 Å². The SMILES string of the molecule is Nc1cccc(COc2ccc(Br)cc2F)c1Br. The molecule has 0 saturated carbocycles. The number of nitrogens with two attached hydrogens (primary N) is 1. The molecular weight excluding hydrogens is 365 g/mol. The molecule has 0 spiro atoms. The van der Waals surface area contributed by atoms with E-state index in [0.717, 1.165) is 10.0 Å². The van der Waals surface area contributed by atoms with Gasteiger partial charge in [-0.1, -0.05) is 28.1 Å². The van der Waals surface area contributed by atoms with Crippen LogP contribution in [-0.4, -0.2) is 0 Å². The molecule has 5 heteroatoms. The van der Waals surface area contributed by atoms with E-state index in [1.54, 1.807) is 18.2 Å². The van der Waals surface area contributed by atoms with Gasteiger partial charge in [0, 0.05) is 20.2 Å². The van der Waals surface area contributed by atoms with Crippen LogP contribution in [0, 0.1) is 5.82 Å². The van der Waals surface area contributed by atoms with Crippen molar-refractivity contribution in [2.45, 2.75) is 6.61 Å². The highest BCUT2D eigenvalue weighted by Crippen LogP contribution is 2.26. The van der Waals surface area contributed by atoms with Gasteiger partial charge in [0.2, 0.25) is 0 Å². The molecule has 0 unspecified atom stereocenters. The Morgan fingerprint density at radius 2 is 1.94 bits per heavy atom. The molecule has 2 aromatic carbocycles. The van der Waals surface area contributed by atoms with Gasteiger partial charge in [0.15, 0.2) is 11.6 Å². The quantitative estimate of drug-likeness (QED) is 0.802. The molecule has 94 valence electrons. The number of benzene rings is 2. The van der Waals surface area contributed by atoms with E-state index in [0.29, 0.717) is 10.2 Å². The van der Waals surface area contributed by atoms with Crippen LogP contribution < -0.4 is 10.5 Å². The fraction of sp³-hybridized carbons (Fsp3) is 0.0769. The monoisotopic (exact) mass is 373 g/mol. The molecule has 0 aliphatic heterocycles. The van der Waals surface area contributed by atoms with E-state index in [-0.39, 0.29) is 12.4 Å². The van der Waals surface area contributed by atoms with E-state index < -0.39 is 5.82 Å². The van der Waals surface area contributed by atoms with E-state index >= 15 is 0 Å². The first kappa shape index (κ1) is 13.4. The van der Waals surface area contributed by atoms with Gasteiger partial charge < -0.3 is 10.5 Å². The summed E-state index contributed by atoms with van der Waals surface area (Å²) in [5, 5.41) is 0. The molecule has 0 aliphatic rings. The summed E-state index contributed by atoms with van der Waals surface area (Å²) in [4.78, 5) is 0.